The van der Waals surface area contributed by atoms with Gasteiger partial charge >= 0.3 is 0 Å². The molecule has 8 heteroatoms. The van der Waals surface area contributed by atoms with Gasteiger partial charge in [0, 0.05) is 51.3 Å². The minimum absolute atomic E-state index is 0.0227. The van der Waals surface area contributed by atoms with E-state index in [0.717, 1.165) is 43.4 Å². The van der Waals surface area contributed by atoms with Gasteiger partial charge in [0.15, 0.2) is 0 Å². The Bertz CT molecular complexity index is 819. The van der Waals surface area contributed by atoms with Gasteiger partial charge in [-0.3, -0.25) is 14.5 Å². The van der Waals surface area contributed by atoms with Gasteiger partial charge in [0.1, 0.15) is 0 Å². The molecule has 0 aliphatic carbocycles. The first-order valence-electron chi connectivity index (χ1n) is 9.81. The van der Waals surface area contributed by atoms with Crippen molar-refractivity contribution in [3.63, 3.8) is 0 Å². The van der Waals surface area contributed by atoms with Crippen LogP contribution in [-0.4, -0.2) is 77.4 Å². The SMILES string of the molecule is Cc1ccc(NC(=O)CN(C)C(=O)[C@H](C)N2CCN(c3ncccn3)CC2)cc1. The van der Waals surface area contributed by atoms with Crippen molar-refractivity contribution in [1.82, 2.24) is 19.8 Å². The third-order valence-electron chi connectivity index (χ3n) is 5.15. The Balaban J connectivity index is 1.48. The minimum atomic E-state index is -0.286. The molecular formula is C21H28N6O2. The molecule has 0 spiro atoms. The molecule has 0 unspecified atom stereocenters. The summed E-state index contributed by atoms with van der Waals surface area (Å²) in [7, 11) is 1.67. The first-order chi connectivity index (χ1) is 13.9. The summed E-state index contributed by atoms with van der Waals surface area (Å²) in [5.74, 6) is 0.451. The summed E-state index contributed by atoms with van der Waals surface area (Å²) < 4.78 is 0. The van der Waals surface area contributed by atoms with Crippen LogP contribution in [0.3, 0.4) is 0 Å². The minimum Gasteiger partial charge on any atom is -0.338 e. The summed E-state index contributed by atoms with van der Waals surface area (Å²) in [6.07, 6.45) is 3.47. The van der Waals surface area contributed by atoms with Crippen LogP contribution >= 0.6 is 0 Å². The molecule has 1 aliphatic rings. The van der Waals surface area contributed by atoms with E-state index >= 15 is 0 Å². The van der Waals surface area contributed by atoms with Crippen LogP contribution < -0.4 is 10.2 Å². The zero-order valence-electron chi connectivity index (χ0n) is 17.2. The molecule has 1 aromatic carbocycles. The fourth-order valence-corrected chi connectivity index (χ4v) is 3.37. The molecule has 2 amide bonds. The molecule has 1 aliphatic heterocycles. The molecule has 1 saturated heterocycles. The average Bonchev–Trinajstić information content (AvgIpc) is 2.75. The van der Waals surface area contributed by atoms with Crippen LogP contribution in [0, 0.1) is 6.92 Å². The first-order valence-corrected chi connectivity index (χ1v) is 9.81. The number of hydrogen-bond donors (Lipinski definition) is 1. The lowest BCUT2D eigenvalue weighted by molar-refractivity contribution is -0.137. The van der Waals surface area contributed by atoms with Crippen LogP contribution in [0.2, 0.25) is 0 Å². The highest BCUT2D eigenvalue weighted by atomic mass is 16.2. The molecule has 8 nitrogen and oxygen atoms in total. The number of nitrogens with zero attached hydrogens (tertiary/aromatic N) is 5. The Kier molecular flexibility index (Phi) is 6.77. The molecule has 1 N–H and O–H groups in total. The smallest absolute Gasteiger partial charge is 0.243 e. The monoisotopic (exact) mass is 396 g/mol. The molecule has 3 rings (SSSR count). The van der Waals surface area contributed by atoms with Crippen LogP contribution in [0.5, 0.6) is 0 Å². The molecular weight excluding hydrogens is 368 g/mol. The van der Waals surface area contributed by atoms with Crippen molar-refractivity contribution in [3.05, 3.63) is 48.3 Å². The van der Waals surface area contributed by atoms with Crippen LogP contribution in [0.4, 0.5) is 11.6 Å². The fourth-order valence-electron chi connectivity index (χ4n) is 3.37. The normalized spacial score (nSPS) is 15.6. The van der Waals surface area contributed by atoms with Gasteiger partial charge in [-0.1, -0.05) is 17.7 Å². The third kappa shape index (κ3) is 5.51. The van der Waals surface area contributed by atoms with Gasteiger partial charge in [-0.25, -0.2) is 9.97 Å². The number of nitrogens with one attached hydrogen (secondary N) is 1. The van der Waals surface area contributed by atoms with E-state index in [1.54, 1.807) is 25.5 Å². The number of amides is 2. The van der Waals surface area contributed by atoms with Gasteiger partial charge in [0.2, 0.25) is 17.8 Å². The quantitative estimate of drug-likeness (QED) is 0.795. The van der Waals surface area contributed by atoms with Gasteiger partial charge in [-0.15, -0.1) is 0 Å². The fraction of sp³-hybridized carbons (Fsp3) is 0.429. The Morgan fingerprint density at radius 3 is 2.34 bits per heavy atom. The standard InChI is InChI=1S/C21H28N6O2/c1-16-5-7-18(8-6-16)24-19(28)15-25(3)20(29)17(2)26-11-13-27(14-12-26)21-22-9-4-10-23-21/h4-10,17H,11-15H2,1-3H3,(H,24,28)/t17-/m0/s1. The van der Waals surface area contributed by atoms with Crippen molar-refractivity contribution in [2.24, 2.45) is 0 Å². The topological polar surface area (TPSA) is 81.7 Å². The van der Waals surface area contributed by atoms with Gasteiger partial charge in [-0.2, -0.15) is 0 Å². The number of likely N-dealkylation sites (N-methyl/N-ethyl adjacent to an activating group) is 1. The second-order valence-electron chi connectivity index (χ2n) is 7.36. The van der Waals surface area contributed by atoms with Crippen LogP contribution in [0.15, 0.2) is 42.7 Å². The van der Waals surface area contributed by atoms with Crippen LogP contribution in [-0.2, 0) is 9.59 Å². The van der Waals surface area contributed by atoms with E-state index in [1.807, 2.05) is 38.1 Å². The van der Waals surface area contributed by atoms with E-state index in [9.17, 15) is 9.59 Å². The highest BCUT2D eigenvalue weighted by Gasteiger charge is 2.28. The van der Waals surface area contributed by atoms with Crippen molar-refractivity contribution in [2.45, 2.75) is 19.9 Å². The van der Waals surface area contributed by atoms with Crippen LogP contribution in [0.1, 0.15) is 12.5 Å². The Morgan fingerprint density at radius 1 is 1.10 bits per heavy atom. The van der Waals surface area contributed by atoms with Crippen molar-refractivity contribution in [2.75, 3.05) is 50.0 Å². The number of rotatable bonds is 6. The number of benzene rings is 1. The number of piperazine rings is 1. The highest BCUT2D eigenvalue weighted by Crippen LogP contribution is 2.13. The Hall–Kier alpha value is -3.00. The summed E-state index contributed by atoms with van der Waals surface area (Å²) in [6, 6.07) is 9.09. The van der Waals surface area contributed by atoms with E-state index in [2.05, 4.69) is 25.1 Å². The van der Waals surface area contributed by atoms with Crippen molar-refractivity contribution in [1.29, 1.82) is 0 Å². The zero-order chi connectivity index (χ0) is 20.8. The van der Waals surface area contributed by atoms with Gasteiger partial charge in [-0.05, 0) is 32.0 Å². The predicted octanol–water partition coefficient (Wildman–Crippen LogP) is 1.39. The lowest BCUT2D eigenvalue weighted by Crippen LogP contribution is -2.55. The molecule has 1 aromatic heterocycles. The summed E-state index contributed by atoms with van der Waals surface area (Å²) in [6.45, 7) is 6.92. The van der Waals surface area contributed by atoms with Gasteiger partial charge < -0.3 is 15.1 Å². The molecule has 1 atom stereocenters. The van der Waals surface area contributed by atoms with Crippen LogP contribution in [0.25, 0.3) is 0 Å². The number of carbonyl (C=O) groups is 2. The number of carbonyl (C=O) groups excluding carboxylic acids is 2. The molecule has 0 radical (unpaired) electrons. The Labute approximate surface area is 171 Å². The number of hydrogen-bond acceptors (Lipinski definition) is 6. The molecule has 0 bridgehead atoms. The van der Waals surface area contributed by atoms with E-state index in [4.69, 9.17) is 0 Å². The summed E-state index contributed by atoms with van der Waals surface area (Å²) in [4.78, 5) is 39.4. The summed E-state index contributed by atoms with van der Waals surface area (Å²) in [5.41, 5.74) is 1.86. The van der Waals surface area contributed by atoms with E-state index < -0.39 is 0 Å². The molecule has 29 heavy (non-hydrogen) atoms. The maximum atomic E-state index is 12.8. The second-order valence-corrected chi connectivity index (χ2v) is 7.36. The largest absolute Gasteiger partial charge is 0.338 e. The number of anilines is 2. The summed E-state index contributed by atoms with van der Waals surface area (Å²) in [5, 5.41) is 2.83. The number of aryl methyl sites for hydroxylation is 1. The van der Waals surface area contributed by atoms with E-state index in [0.29, 0.717) is 0 Å². The average molecular weight is 396 g/mol. The van der Waals surface area contributed by atoms with E-state index in [1.165, 1.54) is 4.90 Å². The zero-order valence-corrected chi connectivity index (χ0v) is 17.2. The Morgan fingerprint density at radius 2 is 1.72 bits per heavy atom. The van der Waals surface area contributed by atoms with Crippen molar-refractivity contribution in [3.8, 4) is 0 Å². The number of aromatic nitrogens is 2. The van der Waals surface area contributed by atoms with E-state index in [-0.39, 0.29) is 24.4 Å². The summed E-state index contributed by atoms with van der Waals surface area (Å²) >= 11 is 0. The molecule has 0 saturated carbocycles. The molecule has 2 heterocycles. The van der Waals surface area contributed by atoms with Gasteiger partial charge in [0.05, 0.1) is 12.6 Å². The lowest BCUT2D eigenvalue weighted by atomic mass is 10.2. The molecule has 154 valence electrons. The maximum Gasteiger partial charge on any atom is 0.243 e. The maximum absolute atomic E-state index is 12.8. The second kappa shape index (κ2) is 9.47. The third-order valence-corrected chi connectivity index (χ3v) is 5.15. The lowest BCUT2D eigenvalue weighted by Gasteiger charge is -2.38. The molecule has 2 aromatic rings. The predicted molar refractivity (Wildman–Crippen MR) is 113 cm³/mol. The molecule has 1 fully saturated rings. The van der Waals surface area contributed by atoms with Crippen molar-refractivity contribution < 1.29 is 9.59 Å². The van der Waals surface area contributed by atoms with Gasteiger partial charge in [0.25, 0.3) is 0 Å². The van der Waals surface area contributed by atoms with Crippen molar-refractivity contribution >= 4 is 23.5 Å². The highest BCUT2D eigenvalue weighted by molar-refractivity contribution is 5.95. The first kappa shape index (κ1) is 20.7.